The maximum Gasteiger partial charge on any atom is 0.374 e. The summed E-state index contributed by atoms with van der Waals surface area (Å²) in [4.78, 5) is 10.5. The molecule has 0 aliphatic carbocycles. The quantitative estimate of drug-likeness (QED) is 0.698. The number of aromatic carboxylic acids is 1. The Bertz CT molecular complexity index is 480. The van der Waals surface area contributed by atoms with Crippen molar-refractivity contribution < 1.29 is 14.3 Å². The highest BCUT2D eigenvalue weighted by atomic mass is 19.1. The van der Waals surface area contributed by atoms with Gasteiger partial charge in [0.05, 0.1) is 0 Å². The monoisotopic (exact) mass is 181 g/mol. The van der Waals surface area contributed by atoms with Crippen LogP contribution in [-0.2, 0) is 0 Å². The van der Waals surface area contributed by atoms with Gasteiger partial charge in [-0.3, -0.25) is 4.40 Å². The number of nitrogens with zero attached hydrogens (tertiary/aromatic N) is 3. The topological polar surface area (TPSA) is 67.5 Å². The standard InChI is InChI=1S/C7H4FN3O2/c8-4-1-2-11-5(3-4)9-10-6(11)7(12)13/h1-3H,(H,12,13). The van der Waals surface area contributed by atoms with Gasteiger partial charge in [-0.25, -0.2) is 9.18 Å². The predicted molar refractivity (Wildman–Crippen MR) is 39.9 cm³/mol. The lowest BCUT2D eigenvalue weighted by molar-refractivity contribution is 0.0682. The van der Waals surface area contributed by atoms with Crippen LogP contribution in [0, 0.1) is 5.82 Å². The second-order valence-electron chi connectivity index (χ2n) is 2.40. The summed E-state index contributed by atoms with van der Waals surface area (Å²) >= 11 is 0. The highest BCUT2D eigenvalue weighted by Gasteiger charge is 2.12. The molecule has 2 aromatic rings. The predicted octanol–water partition coefficient (Wildman–Crippen LogP) is 0.567. The Balaban J connectivity index is 2.76. The van der Waals surface area contributed by atoms with Gasteiger partial charge in [-0.1, -0.05) is 0 Å². The van der Waals surface area contributed by atoms with Crippen molar-refractivity contribution in [2.45, 2.75) is 0 Å². The van der Waals surface area contributed by atoms with E-state index in [2.05, 4.69) is 10.2 Å². The molecule has 0 bridgehead atoms. The summed E-state index contributed by atoms with van der Waals surface area (Å²) in [5.41, 5.74) is 0.178. The summed E-state index contributed by atoms with van der Waals surface area (Å²) in [5.74, 6) is -1.90. The zero-order chi connectivity index (χ0) is 9.42. The smallest absolute Gasteiger partial charge is 0.374 e. The van der Waals surface area contributed by atoms with Gasteiger partial charge >= 0.3 is 5.97 Å². The van der Waals surface area contributed by atoms with E-state index in [1.807, 2.05) is 0 Å². The number of rotatable bonds is 1. The van der Waals surface area contributed by atoms with Gasteiger partial charge in [0.1, 0.15) is 5.82 Å². The Kier molecular flexibility index (Phi) is 1.48. The maximum atomic E-state index is 12.6. The first-order chi connectivity index (χ1) is 6.18. The first-order valence-electron chi connectivity index (χ1n) is 3.42. The molecular weight excluding hydrogens is 177 g/mol. The highest BCUT2D eigenvalue weighted by molar-refractivity contribution is 5.84. The molecule has 0 aliphatic rings. The van der Waals surface area contributed by atoms with Crippen LogP contribution < -0.4 is 0 Å². The van der Waals surface area contributed by atoms with Crippen molar-refractivity contribution in [2.24, 2.45) is 0 Å². The molecule has 0 atom stereocenters. The highest BCUT2D eigenvalue weighted by Crippen LogP contribution is 2.05. The molecule has 0 unspecified atom stereocenters. The fourth-order valence-corrected chi connectivity index (χ4v) is 1.01. The van der Waals surface area contributed by atoms with E-state index in [0.717, 1.165) is 12.1 Å². The van der Waals surface area contributed by atoms with Crippen LogP contribution in [-0.4, -0.2) is 25.7 Å². The molecule has 0 spiro atoms. The Labute approximate surface area is 71.4 Å². The third kappa shape index (κ3) is 1.12. The normalized spacial score (nSPS) is 10.5. The van der Waals surface area contributed by atoms with Crippen LogP contribution in [0.2, 0.25) is 0 Å². The summed E-state index contributed by atoms with van der Waals surface area (Å²) in [6.45, 7) is 0. The molecule has 0 saturated carbocycles. The van der Waals surface area contributed by atoms with Crippen LogP contribution in [0.25, 0.3) is 5.65 Å². The lowest BCUT2D eigenvalue weighted by Crippen LogP contribution is -2.03. The maximum absolute atomic E-state index is 12.6. The molecule has 0 saturated heterocycles. The van der Waals surface area contributed by atoms with Crippen LogP contribution in [0.4, 0.5) is 4.39 Å². The number of pyridine rings is 1. The minimum Gasteiger partial charge on any atom is -0.475 e. The van der Waals surface area contributed by atoms with Crippen molar-refractivity contribution in [3.8, 4) is 0 Å². The molecule has 2 aromatic heterocycles. The third-order valence-corrected chi connectivity index (χ3v) is 1.56. The van der Waals surface area contributed by atoms with E-state index in [0.29, 0.717) is 0 Å². The fraction of sp³-hybridized carbons (Fsp3) is 0. The molecule has 2 rings (SSSR count). The van der Waals surface area contributed by atoms with Crippen LogP contribution >= 0.6 is 0 Å². The Morgan fingerprint density at radius 3 is 3.00 bits per heavy atom. The van der Waals surface area contributed by atoms with Gasteiger partial charge in [0.15, 0.2) is 5.65 Å². The lowest BCUT2D eigenvalue weighted by atomic mass is 10.4. The summed E-state index contributed by atoms with van der Waals surface area (Å²) in [5, 5.41) is 15.5. The molecule has 0 aromatic carbocycles. The van der Waals surface area contributed by atoms with Crippen molar-refractivity contribution in [3.05, 3.63) is 30.0 Å². The van der Waals surface area contributed by atoms with Crippen molar-refractivity contribution in [1.82, 2.24) is 14.6 Å². The average Bonchev–Trinajstić information content (AvgIpc) is 2.46. The molecular formula is C7H4FN3O2. The van der Waals surface area contributed by atoms with Crippen LogP contribution in [0.5, 0.6) is 0 Å². The van der Waals surface area contributed by atoms with E-state index >= 15 is 0 Å². The molecule has 13 heavy (non-hydrogen) atoms. The second-order valence-corrected chi connectivity index (χ2v) is 2.40. The average molecular weight is 181 g/mol. The summed E-state index contributed by atoms with van der Waals surface area (Å²) < 4.78 is 13.8. The number of carbonyl (C=O) groups is 1. The summed E-state index contributed by atoms with van der Waals surface area (Å²) in [6.07, 6.45) is 1.27. The van der Waals surface area contributed by atoms with Gasteiger partial charge in [-0.15, -0.1) is 10.2 Å². The molecule has 0 amide bonds. The zero-order valence-electron chi connectivity index (χ0n) is 6.31. The van der Waals surface area contributed by atoms with E-state index < -0.39 is 11.8 Å². The lowest BCUT2D eigenvalue weighted by Gasteiger charge is -1.93. The fourth-order valence-electron chi connectivity index (χ4n) is 1.01. The van der Waals surface area contributed by atoms with Crippen LogP contribution in [0.3, 0.4) is 0 Å². The Morgan fingerprint density at radius 1 is 1.54 bits per heavy atom. The molecule has 1 N–H and O–H groups in total. The number of fused-ring (bicyclic) bond motifs is 1. The van der Waals surface area contributed by atoms with Gasteiger partial charge < -0.3 is 5.11 Å². The number of carboxylic acids is 1. The molecule has 0 radical (unpaired) electrons. The van der Waals surface area contributed by atoms with Gasteiger partial charge in [-0.2, -0.15) is 0 Å². The number of carboxylic acid groups (broad SMARTS) is 1. The van der Waals surface area contributed by atoms with Crippen molar-refractivity contribution >= 4 is 11.6 Å². The third-order valence-electron chi connectivity index (χ3n) is 1.56. The van der Waals surface area contributed by atoms with E-state index in [9.17, 15) is 9.18 Å². The number of hydrogen-bond acceptors (Lipinski definition) is 3. The molecule has 6 heteroatoms. The number of hydrogen-bond donors (Lipinski definition) is 1. The molecule has 2 heterocycles. The van der Waals surface area contributed by atoms with Crippen LogP contribution in [0.1, 0.15) is 10.6 Å². The Morgan fingerprint density at radius 2 is 2.31 bits per heavy atom. The van der Waals surface area contributed by atoms with E-state index in [-0.39, 0.29) is 11.5 Å². The minimum atomic E-state index is -1.20. The second kappa shape index (κ2) is 2.51. The van der Waals surface area contributed by atoms with Crippen molar-refractivity contribution in [1.29, 1.82) is 0 Å². The largest absolute Gasteiger partial charge is 0.475 e. The van der Waals surface area contributed by atoms with E-state index in [4.69, 9.17) is 5.11 Å². The zero-order valence-corrected chi connectivity index (χ0v) is 6.31. The molecule has 5 nitrogen and oxygen atoms in total. The molecule has 0 aliphatic heterocycles. The first-order valence-corrected chi connectivity index (χ1v) is 3.42. The Hall–Kier alpha value is -1.98. The number of halogens is 1. The van der Waals surface area contributed by atoms with Gasteiger partial charge in [-0.05, 0) is 6.07 Å². The summed E-state index contributed by atoms with van der Waals surface area (Å²) in [6, 6.07) is 2.25. The minimum absolute atomic E-state index is 0.178. The molecule has 0 fully saturated rings. The molecule has 66 valence electrons. The van der Waals surface area contributed by atoms with E-state index in [1.54, 1.807) is 0 Å². The van der Waals surface area contributed by atoms with Gasteiger partial charge in [0, 0.05) is 12.3 Å². The van der Waals surface area contributed by atoms with Gasteiger partial charge in [0.2, 0.25) is 5.82 Å². The first kappa shape index (κ1) is 7.66. The summed E-state index contributed by atoms with van der Waals surface area (Å²) in [7, 11) is 0. The number of aromatic nitrogens is 3. The van der Waals surface area contributed by atoms with Crippen molar-refractivity contribution in [3.63, 3.8) is 0 Å². The SMILES string of the molecule is O=C(O)c1nnc2cc(F)ccn12. The van der Waals surface area contributed by atoms with Crippen LogP contribution in [0.15, 0.2) is 18.3 Å². The van der Waals surface area contributed by atoms with E-state index in [1.165, 1.54) is 10.6 Å². The van der Waals surface area contributed by atoms with Crippen molar-refractivity contribution in [2.75, 3.05) is 0 Å². The van der Waals surface area contributed by atoms with Gasteiger partial charge in [0.25, 0.3) is 0 Å².